The number of anilines is 1. The lowest BCUT2D eigenvalue weighted by molar-refractivity contribution is 0.573. The molecule has 0 atom stereocenters. The summed E-state index contributed by atoms with van der Waals surface area (Å²) in [6.45, 7) is 2.58. The lowest BCUT2D eigenvalue weighted by Gasteiger charge is -2.06. The Bertz CT molecular complexity index is 429. The zero-order chi connectivity index (χ0) is 12.7. The smallest absolute Gasteiger partial charge is 0.242 e. The van der Waals surface area contributed by atoms with Gasteiger partial charge < -0.3 is 5.73 Å². The van der Waals surface area contributed by atoms with Gasteiger partial charge in [-0.1, -0.05) is 26.2 Å². The number of nitrogens with one attached hydrogen (secondary N) is 1. The molecule has 0 amide bonds. The first kappa shape index (κ1) is 13.9. The van der Waals surface area contributed by atoms with E-state index < -0.39 is 10.0 Å². The minimum atomic E-state index is -3.43. The van der Waals surface area contributed by atoms with E-state index in [4.69, 9.17) is 5.73 Å². The maximum atomic E-state index is 11.8. The fraction of sp³-hybridized carbons (Fsp3) is 0.545. The van der Waals surface area contributed by atoms with Crippen LogP contribution in [0.4, 0.5) is 5.82 Å². The third-order valence-corrected chi connectivity index (χ3v) is 3.84. The Kier molecular flexibility index (Phi) is 5.37. The van der Waals surface area contributed by atoms with E-state index in [0.717, 1.165) is 25.7 Å². The molecular formula is C11H19N3O2S. The number of nitrogens with two attached hydrogens (primary N) is 1. The topological polar surface area (TPSA) is 85.1 Å². The molecule has 17 heavy (non-hydrogen) atoms. The second kappa shape index (κ2) is 6.56. The van der Waals surface area contributed by atoms with E-state index in [1.807, 2.05) is 0 Å². The van der Waals surface area contributed by atoms with Crippen molar-refractivity contribution in [3.63, 3.8) is 0 Å². The van der Waals surface area contributed by atoms with Gasteiger partial charge in [0.15, 0.2) is 0 Å². The molecule has 0 spiro atoms. The van der Waals surface area contributed by atoms with Crippen LogP contribution in [-0.4, -0.2) is 19.9 Å². The number of unbranched alkanes of at least 4 members (excludes halogenated alkanes) is 3. The quantitative estimate of drug-likeness (QED) is 0.725. The largest absolute Gasteiger partial charge is 0.384 e. The van der Waals surface area contributed by atoms with Crippen LogP contribution in [-0.2, 0) is 10.0 Å². The molecule has 0 saturated carbocycles. The fourth-order valence-electron chi connectivity index (χ4n) is 1.39. The van der Waals surface area contributed by atoms with Crippen LogP contribution >= 0.6 is 0 Å². The van der Waals surface area contributed by atoms with Crippen LogP contribution in [0.3, 0.4) is 0 Å². The SMILES string of the molecule is CCCCCCNS(=O)(=O)c1ccc(N)nc1. The summed E-state index contributed by atoms with van der Waals surface area (Å²) < 4.78 is 26.1. The van der Waals surface area contributed by atoms with Gasteiger partial charge in [0, 0.05) is 12.7 Å². The van der Waals surface area contributed by atoms with E-state index in [1.54, 1.807) is 0 Å². The monoisotopic (exact) mass is 257 g/mol. The molecule has 0 aromatic carbocycles. The Morgan fingerprint density at radius 3 is 2.65 bits per heavy atom. The van der Waals surface area contributed by atoms with Crippen LogP contribution < -0.4 is 10.5 Å². The molecule has 0 bridgehead atoms. The van der Waals surface area contributed by atoms with E-state index >= 15 is 0 Å². The summed E-state index contributed by atoms with van der Waals surface area (Å²) in [5.41, 5.74) is 5.40. The number of aromatic nitrogens is 1. The molecular weight excluding hydrogens is 238 g/mol. The van der Waals surface area contributed by atoms with E-state index in [2.05, 4.69) is 16.6 Å². The summed E-state index contributed by atoms with van der Waals surface area (Å²) in [6, 6.07) is 2.93. The molecule has 0 aliphatic rings. The fourth-order valence-corrected chi connectivity index (χ4v) is 2.41. The second-order valence-corrected chi connectivity index (χ2v) is 5.64. The van der Waals surface area contributed by atoms with Crippen LogP contribution in [0.25, 0.3) is 0 Å². The van der Waals surface area contributed by atoms with Crippen LogP contribution in [0.5, 0.6) is 0 Å². The number of hydrogen-bond donors (Lipinski definition) is 2. The zero-order valence-electron chi connectivity index (χ0n) is 10.0. The highest BCUT2D eigenvalue weighted by molar-refractivity contribution is 7.89. The van der Waals surface area contributed by atoms with Crippen molar-refractivity contribution in [2.75, 3.05) is 12.3 Å². The lowest BCUT2D eigenvalue weighted by Crippen LogP contribution is -2.24. The number of sulfonamides is 1. The molecule has 1 rings (SSSR count). The third kappa shape index (κ3) is 4.70. The van der Waals surface area contributed by atoms with Crippen molar-refractivity contribution in [2.45, 2.75) is 37.5 Å². The summed E-state index contributed by atoms with van der Waals surface area (Å²) in [5.74, 6) is 0.312. The van der Waals surface area contributed by atoms with Crippen molar-refractivity contribution in [1.82, 2.24) is 9.71 Å². The van der Waals surface area contributed by atoms with Gasteiger partial charge in [-0.3, -0.25) is 0 Å². The molecule has 1 aromatic heterocycles. The van der Waals surface area contributed by atoms with Crippen LogP contribution in [0.15, 0.2) is 23.2 Å². The number of nitrogens with zero attached hydrogens (tertiary/aromatic N) is 1. The van der Waals surface area contributed by atoms with Gasteiger partial charge in [0.05, 0.1) is 0 Å². The highest BCUT2D eigenvalue weighted by Gasteiger charge is 2.12. The molecule has 0 unspecified atom stereocenters. The molecule has 0 saturated heterocycles. The number of rotatable bonds is 7. The van der Waals surface area contributed by atoms with Crippen LogP contribution in [0, 0.1) is 0 Å². The Morgan fingerprint density at radius 1 is 1.29 bits per heavy atom. The van der Waals surface area contributed by atoms with Gasteiger partial charge >= 0.3 is 0 Å². The normalized spacial score (nSPS) is 11.6. The minimum absolute atomic E-state index is 0.155. The lowest BCUT2D eigenvalue weighted by atomic mass is 10.2. The van der Waals surface area contributed by atoms with Crippen molar-refractivity contribution in [1.29, 1.82) is 0 Å². The second-order valence-electron chi connectivity index (χ2n) is 3.88. The zero-order valence-corrected chi connectivity index (χ0v) is 10.8. The van der Waals surface area contributed by atoms with Crippen LogP contribution in [0.1, 0.15) is 32.6 Å². The van der Waals surface area contributed by atoms with Gasteiger partial charge in [0.25, 0.3) is 0 Å². The number of nitrogen functional groups attached to an aromatic ring is 1. The summed E-state index contributed by atoms with van der Waals surface area (Å²) in [7, 11) is -3.43. The molecule has 0 radical (unpaired) electrons. The summed E-state index contributed by atoms with van der Waals surface area (Å²) in [6.07, 6.45) is 5.43. The van der Waals surface area contributed by atoms with Gasteiger partial charge in [-0.2, -0.15) is 0 Å². The molecule has 1 aromatic rings. The molecule has 0 fully saturated rings. The summed E-state index contributed by atoms with van der Waals surface area (Å²) in [5, 5.41) is 0. The molecule has 3 N–H and O–H groups in total. The van der Waals surface area contributed by atoms with Crippen molar-refractivity contribution in [3.05, 3.63) is 18.3 Å². The predicted octanol–water partition coefficient (Wildman–Crippen LogP) is 1.52. The Morgan fingerprint density at radius 2 is 2.06 bits per heavy atom. The van der Waals surface area contributed by atoms with E-state index in [1.165, 1.54) is 18.3 Å². The van der Waals surface area contributed by atoms with Gasteiger partial charge in [-0.15, -0.1) is 0 Å². The number of pyridine rings is 1. The molecule has 1 heterocycles. The highest BCUT2D eigenvalue weighted by atomic mass is 32.2. The Balaban J connectivity index is 2.48. The molecule has 0 aliphatic heterocycles. The van der Waals surface area contributed by atoms with E-state index in [9.17, 15) is 8.42 Å². The van der Waals surface area contributed by atoms with Crippen LogP contribution in [0.2, 0.25) is 0 Å². The van der Waals surface area contributed by atoms with Gasteiger partial charge in [-0.25, -0.2) is 18.1 Å². The average molecular weight is 257 g/mol. The Labute approximate surface area is 102 Å². The molecule has 0 aliphatic carbocycles. The first-order valence-corrected chi connectivity index (χ1v) is 7.26. The number of hydrogen-bond acceptors (Lipinski definition) is 4. The van der Waals surface area contributed by atoms with E-state index in [0.29, 0.717) is 12.4 Å². The van der Waals surface area contributed by atoms with Gasteiger partial charge in [-0.05, 0) is 18.6 Å². The molecule has 6 heteroatoms. The predicted molar refractivity (Wildman–Crippen MR) is 68.0 cm³/mol. The minimum Gasteiger partial charge on any atom is -0.384 e. The summed E-state index contributed by atoms with van der Waals surface area (Å²) in [4.78, 5) is 3.92. The first-order valence-electron chi connectivity index (χ1n) is 5.77. The van der Waals surface area contributed by atoms with Gasteiger partial charge in [0.1, 0.15) is 10.7 Å². The van der Waals surface area contributed by atoms with E-state index in [-0.39, 0.29) is 4.90 Å². The maximum Gasteiger partial charge on any atom is 0.242 e. The highest BCUT2D eigenvalue weighted by Crippen LogP contribution is 2.08. The molecule has 5 nitrogen and oxygen atoms in total. The van der Waals surface area contributed by atoms with Gasteiger partial charge in [0.2, 0.25) is 10.0 Å². The molecule has 96 valence electrons. The summed E-state index contributed by atoms with van der Waals surface area (Å²) >= 11 is 0. The third-order valence-electron chi connectivity index (χ3n) is 2.39. The first-order chi connectivity index (χ1) is 8.06. The standard InChI is InChI=1S/C11H19N3O2S/c1-2-3-4-5-8-14-17(15,16)10-6-7-11(12)13-9-10/h6-7,9,14H,2-5,8H2,1H3,(H2,12,13). The Hall–Kier alpha value is -1.14. The van der Waals surface area contributed by atoms with Crippen molar-refractivity contribution in [3.8, 4) is 0 Å². The van der Waals surface area contributed by atoms with Crippen molar-refractivity contribution < 1.29 is 8.42 Å². The average Bonchev–Trinajstić information content (AvgIpc) is 2.29. The van der Waals surface area contributed by atoms with Crippen molar-refractivity contribution in [2.24, 2.45) is 0 Å². The maximum absolute atomic E-state index is 11.8. The van der Waals surface area contributed by atoms with Crippen molar-refractivity contribution >= 4 is 15.8 Å².